The monoisotopic (exact) mass is 439 g/mol. The van der Waals surface area contributed by atoms with E-state index in [4.69, 9.17) is 14.2 Å². The highest BCUT2D eigenvalue weighted by atomic mass is 16.7. The van der Waals surface area contributed by atoms with Gasteiger partial charge in [-0.3, -0.25) is 15.0 Å². The Morgan fingerprint density at radius 1 is 1.19 bits per heavy atom. The molecular weight excluding hydrogens is 418 g/mol. The highest BCUT2D eigenvalue weighted by molar-refractivity contribution is 6.03. The number of urea groups is 1. The van der Waals surface area contributed by atoms with Crippen LogP contribution in [0.1, 0.15) is 32.4 Å². The summed E-state index contributed by atoms with van der Waals surface area (Å²) in [6.07, 6.45) is -0.378. The number of non-ortho nitro benzene ring substituents is 1. The topological polar surface area (TPSA) is 120 Å². The molecule has 2 aromatic carbocycles. The molecule has 2 aromatic rings. The lowest BCUT2D eigenvalue weighted by atomic mass is 9.94. The number of amides is 2. The van der Waals surface area contributed by atoms with Crippen LogP contribution >= 0.6 is 0 Å². The van der Waals surface area contributed by atoms with Crippen molar-refractivity contribution < 1.29 is 28.7 Å². The number of fused-ring (bicyclic) bond motifs is 1. The molecule has 2 heterocycles. The summed E-state index contributed by atoms with van der Waals surface area (Å²) in [7, 11) is 0. The van der Waals surface area contributed by atoms with Crippen molar-refractivity contribution >= 4 is 23.4 Å². The number of hydrogen-bond acceptors (Lipinski definition) is 7. The van der Waals surface area contributed by atoms with Gasteiger partial charge in [0.25, 0.3) is 5.69 Å². The number of allylic oxidation sites excluding steroid dienone is 1. The Kier molecular flexibility index (Phi) is 5.43. The number of nitrogens with zero attached hydrogens (tertiary/aromatic N) is 2. The second-order valence-electron chi connectivity index (χ2n) is 7.56. The molecule has 1 atom stereocenters. The average Bonchev–Trinajstić information content (AvgIpc) is 3.20. The fraction of sp³-hybridized carbons (Fsp3) is 0.273. The van der Waals surface area contributed by atoms with Crippen LogP contribution in [0.25, 0.3) is 0 Å². The van der Waals surface area contributed by atoms with Gasteiger partial charge in [0.2, 0.25) is 6.79 Å². The van der Waals surface area contributed by atoms with Crippen molar-refractivity contribution in [3.63, 3.8) is 0 Å². The molecule has 166 valence electrons. The van der Waals surface area contributed by atoms with Gasteiger partial charge in [-0.1, -0.05) is 0 Å². The number of benzene rings is 2. The molecule has 0 fully saturated rings. The van der Waals surface area contributed by atoms with Crippen LogP contribution in [0.2, 0.25) is 0 Å². The Morgan fingerprint density at radius 3 is 2.53 bits per heavy atom. The molecule has 0 bridgehead atoms. The Hall–Kier alpha value is -4.08. The average molecular weight is 439 g/mol. The first-order chi connectivity index (χ1) is 15.3. The third-order valence-corrected chi connectivity index (χ3v) is 5.10. The van der Waals surface area contributed by atoms with E-state index in [1.807, 2.05) is 0 Å². The molecule has 32 heavy (non-hydrogen) atoms. The van der Waals surface area contributed by atoms with Gasteiger partial charge in [-0.15, -0.1) is 0 Å². The van der Waals surface area contributed by atoms with Crippen molar-refractivity contribution in [2.45, 2.75) is 32.9 Å². The molecule has 0 unspecified atom stereocenters. The number of anilines is 1. The van der Waals surface area contributed by atoms with E-state index in [0.717, 1.165) is 0 Å². The molecule has 10 heteroatoms. The van der Waals surface area contributed by atoms with Crippen LogP contribution in [0.5, 0.6) is 11.5 Å². The van der Waals surface area contributed by atoms with Crippen LogP contribution in [-0.4, -0.2) is 29.8 Å². The molecule has 2 amide bonds. The molecule has 1 N–H and O–H groups in total. The summed E-state index contributed by atoms with van der Waals surface area (Å²) in [5.41, 5.74) is 1.52. The Balaban J connectivity index is 1.79. The molecule has 0 saturated carbocycles. The Morgan fingerprint density at radius 2 is 1.88 bits per heavy atom. The van der Waals surface area contributed by atoms with E-state index in [1.54, 1.807) is 39.0 Å². The number of nitro groups is 1. The fourth-order valence-corrected chi connectivity index (χ4v) is 3.66. The third-order valence-electron chi connectivity index (χ3n) is 5.10. The number of esters is 1. The summed E-state index contributed by atoms with van der Waals surface area (Å²) in [5.74, 6) is 0.467. The van der Waals surface area contributed by atoms with Gasteiger partial charge in [-0.05, 0) is 50.6 Å². The standard InChI is InChI=1S/C22H21N3O7/c1-12(2)32-21(26)19-13(3)24(16-8-9-17-18(10-16)31-11-30-17)22(27)23-20(19)14-4-6-15(7-5-14)25(28)29/h4-10,12,20H,11H2,1-3H3,(H,23,27)/t20-/m0/s1. The minimum atomic E-state index is -0.834. The molecule has 0 radical (unpaired) electrons. The Labute approximate surface area is 183 Å². The van der Waals surface area contributed by atoms with Crippen LogP contribution in [0.3, 0.4) is 0 Å². The number of ether oxygens (including phenoxy) is 3. The van der Waals surface area contributed by atoms with Gasteiger partial charge in [0.05, 0.1) is 28.3 Å². The van der Waals surface area contributed by atoms with Crippen molar-refractivity contribution in [1.29, 1.82) is 0 Å². The van der Waals surface area contributed by atoms with Gasteiger partial charge in [-0.2, -0.15) is 0 Å². The summed E-state index contributed by atoms with van der Waals surface area (Å²) < 4.78 is 16.2. The molecule has 4 rings (SSSR count). The zero-order chi connectivity index (χ0) is 23.0. The lowest BCUT2D eigenvalue weighted by Gasteiger charge is -2.35. The molecule has 2 aliphatic rings. The first kappa shape index (κ1) is 21.2. The summed E-state index contributed by atoms with van der Waals surface area (Å²) in [6.45, 7) is 5.20. The van der Waals surface area contributed by atoms with E-state index in [2.05, 4.69) is 5.32 Å². The van der Waals surface area contributed by atoms with Crippen LogP contribution in [0.4, 0.5) is 16.2 Å². The molecule has 0 aliphatic carbocycles. The SMILES string of the molecule is CC1=C(C(=O)OC(C)C)[C@H](c2ccc([N+](=O)[O-])cc2)NC(=O)N1c1ccc2c(c1)OCO2. The molecule has 0 saturated heterocycles. The van der Waals surface area contributed by atoms with Crippen molar-refractivity contribution in [2.24, 2.45) is 0 Å². The number of nitrogens with one attached hydrogen (secondary N) is 1. The lowest BCUT2D eigenvalue weighted by Crippen LogP contribution is -2.48. The molecular formula is C22H21N3O7. The van der Waals surface area contributed by atoms with Gasteiger partial charge in [0.1, 0.15) is 0 Å². The minimum absolute atomic E-state index is 0.0913. The van der Waals surface area contributed by atoms with E-state index in [0.29, 0.717) is 28.4 Å². The van der Waals surface area contributed by atoms with E-state index >= 15 is 0 Å². The quantitative estimate of drug-likeness (QED) is 0.427. The van der Waals surface area contributed by atoms with Gasteiger partial charge < -0.3 is 19.5 Å². The highest BCUT2D eigenvalue weighted by Gasteiger charge is 2.38. The van der Waals surface area contributed by atoms with E-state index in [9.17, 15) is 19.7 Å². The molecule has 2 aliphatic heterocycles. The van der Waals surface area contributed by atoms with Crippen molar-refractivity contribution in [1.82, 2.24) is 5.32 Å². The fourth-order valence-electron chi connectivity index (χ4n) is 3.66. The van der Waals surface area contributed by atoms with E-state index in [-0.39, 0.29) is 24.2 Å². The van der Waals surface area contributed by atoms with E-state index < -0.39 is 23.0 Å². The number of carbonyl (C=O) groups is 2. The maximum absolute atomic E-state index is 13.1. The van der Waals surface area contributed by atoms with Gasteiger partial charge >= 0.3 is 12.0 Å². The minimum Gasteiger partial charge on any atom is -0.459 e. The van der Waals surface area contributed by atoms with Crippen LogP contribution < -0.4 is 19.7 Å². The largest absolute Gasteiger partial charge is 0.459 e. The maximum atomic E-state index is 13.1. The zero-order valence-corrected chi connectivity index (χ0v) is 17.7. The van der Waals surface area contributed by atoms with Crippen LogP contribution in [0.15, 0.2) is 53.7 Å². The normalized spacial score (nSPS) is 17.4. The van der Waals surface area contributed by atoms with Gasteiger partial charge in [0, 0.05) is 23.9 Å². The smallest absolute Gasteiger partial charge is 0.338 e. The van der Waals surface area contributed by atoms with Crippen molar-refractivity contribution in [3.05, 3.63) is 69.4 Å². The van der Waals surface area contributed by atoms with Crippen LogP contribution in [0, 0.1) is 10.1 Å². The molecule has 10 nitrogen and oxygen atoms in total. The first-order valence-electron chi connectivity index (χ1n) is 9.92. The predicted molar refractivity (Wildman–Crippen MR) is 113 cm³/mol. The molecule has 0 spiro atoms. The number of nitro benzene ring substituents is 1. The van der Waals surface area contributed by atoms with Crippen molar-refractivity contribution in [2.75, 3.05) is 11.7 Å². The number of hydrogen-bond donors (Lipinski definition) is 1. The summed E-state index contributed by atoms with van der Waals surface area (Å²) in [4.78, 5) is 38.0. The van der Waals surface area contributed by atoms with Gasteiger partial charge in [-0.25, -0.2) is 9.59 Å². The number of rotatable bonds is 5. The highest BCUT2D eigenvalue weighted by Crippen LogP contribution is 2.39. The second-order valence-corrected chi connectivity index (χ2v) is 7.56. The molecule has 0 aromatic heterocycles. The lowest BCUT2D eigenvalue weighted by molar-refractivity contribution is -0.384. The zero-order valence-electron chi connectivity index (χ0n) is 17.7. The number of carbonyl (C=O) groups excluding carboxylic acids is 2. The summed E-state index contributed by atoms with van der Waals surface area (Å²) >= 11 is 0. The predicted octanol–water partition coefficient (Wildman–Crippen LogP) is 3.82. The Bertz CT molecular complexity index is 1120. The third kappa shape index (κ3) is 3.82. The second kappa shape index (κ2) is 8.22. The van der Waals surface area contributed by atoms with Crippen LogP contribution in [-0.2, 0) is 9.53 Å². The van der Waals surface area contributed by atoms with E-state index in [1.165, 1.54) is 29.2 Å². The van der Waals surface area contributed by atoms with Crippen molar-refractivity contribution in [3.8, 4) is 11.5 Å². The van der Waals surface area contributed by atoms with Gasteiger partial charge in [0.15, 0.2) is 11.5 Å². The maximum Gasteiger partial charge on any atom is 0.338 e. The summed E-state index contributed by atoms with van der Waals surface area (Å²) in [5, 5.41) is 13.8. The summed E-state index contributed by atoms with van der Waals surface area (Å²) in [6, 6.07) is 9.40. The first-order valence-corrected chi connectivity index (χ1v) is 9.92.